The van der Waals surface area contributed by atoms with Gasteiger partial charge < -0.3 is 55.6 Å². The molecular formula is C37H67N5O14. The molecule has 0 aromatic heterocycles. The summed E-state index contributed by atoms with van der Waals surface area (Å²) in [6.07, 6.45) is 14.8. The summed E-state index contributed by atoms with van der Waals surface area (Å²) in [4.78, 5) is 84.7. The molecule has 0 radical (unpaired) electrons. The van der Waals surface area contributed by atoms with Crippen LogP contribution in [0.15, 0.2) is 0 Å². The minimum Gasteiger partial charge on any atom is -0.481 e. The lowest BCUT2D eigenvalue weighted by Crippen LogP contribution is -2.50. The normalized spacial score (nSPS) is 12.0. The standard InChI is InChI=1S/C37H67N5O14/c43-29-38-28-33(45)41-30(27-35(48)49)36(50)40-18-15-20-54-23-25-55-24-22-53-19-14-17-39-32(44)26-31(37(51)52)42-56-21-13-11-9-7-5-3-1-2-4-6-8-10-12-16-34(46)47/h29-31,42H,1-28H2,(H,38,43)(H,39,44)(H,40,50)(H,41,45)(H,46,47)(H,48,49)(H,51,52)/t30-,31-/m0/s1. The lowest BCUT2D eigenvalue weighted by molar-refractivity contribution is -0.146. The Morgan fingerprint density at radius 2 is 1.02 bits per heavy atom. The van der Waals surface area contributed by atoms with Gasteiger partial charge in [0.15, 0.2) is 0 Å². The summed E-state index contributed by atoms with van der Waals surface area (Å²) in [5, 5.41) is 36.6. The number of hydrogen-bond donors (Lipinski definition) is 8. The van der Waals surface area contributed by atoms with Gasteiger partial charge in [0, 0.05) is 32.7 Å². The molecule has 0 bridgehead atoms. The minimum absolute atomic E-state index is 0.199. The van der Waals surface area contributed by atoms with Crippen LogP contribution in [0, 0.1) is 0 Å². The zero-order chi connectivity index (χ0) is 41.5. The Kier molecular flexibility index (Phi) is 35.3. The Morgan fingerprint density at radius 1 is 0.518 bits per heavy atom. The van der Waals surface area contributed by atoms with Crippen LogP contribution in [0.25, 0.3) is 0 Å². The number of unbranched alkanes of at least 4 members (excludes halogenated alkanes) is 12. The van der Waals surface area contributed by atoms with E-state index in [4.69, 9.17) is 29.3 Å². The molecule has 0 heterocycles. The number of hydrogen-bond acceptors (Lipinski definition) is 12. The predicted molar refractivity (Wildman–Crippen MR) is 203 cm³/mol. The number of nitrogens with one attached hydrogen (secondary N) is 5. The number of carboxylic acids is 3. The third kappa shape index (κ3) is 35.8. The number of carbonyl (C=O) groups excluding carboxylic acids is 4. The minimum atomic E-state index is -1.28. The van der Waals surface area contributed by atoms with Crippen LogP contribution < -0.4 is 26.7 Å². The number of hydroxylamine groups is 1. The predicted octanol–water partition coefficient (Wildman–Crippen LogP) is 1.66. The third-order valence-corrected chi connectivity index (χ3v) is 8.22. The first-order chi connectivity index (χ1) is 27.1. The monoisotopic (exact) mass is 805 g/mol. The Labute approximate surface area is 330 Å². The van der Waals surface area contributed by atoms with Crippen molar-refractivity contribution in [3.8, 4) is 0 Å². The van der Waals surface area contributed by atoms with Crippen molar-refractivity contribution in [3.05, 3.63) is 0 Å². The molecule has 19 nitrogen and oxygen atoms in total. The van der Waals surface area contributed by atoms with E-state index in [2.05, 4.69) is 26.7 Å². The Hall–Kier alpha value is -3.91. The molecule has 4 amide bonds. The molecule has 0 fully saturated rings. The summed E-state index contributed by atoms with van der Waals surface area (Å²) in [5.74, 6) is -4.92. The zero-order valence-corrected chi connectivity index (χ0v) is 32.9. The molecule has 0 rings (SSSR count). The van der Waals surface area contributed by atoms with E-state index < -0.39 is 54.1 Å². The summed E-state index contributed by atoms with van der Waals surface area (Å²) < 4.78 is 16.3. The highest BCUT2D eigenvalue weighted by Gasteiger charge is 2.23. The van der Waals surface area contributed by atoms with Crippen LogP contribution in [-0.4, -0.2) is 135 Å². The number of amides is 4. The molecule has 56 heavy (non-hydrogen) atoms. The number of ether oxygens (including phenoxy) is 3. The molecule has 0 aliphatic carbocycles. The first-order valence-electron chi connectivity index (χ1n) is 19.8. The van der Waals surface area contributed by atoms with Crippen LogP contribution in [0.5, 0.6) is 0 Å². The van der Waals surface area contributed by atoms with Gasteiger partial charge in [-0.15, -0.1) is 0 Å². The Morgan fingerprint density at radius 3 is 1.52 bits per heavy atom. The van der Waals surface area contributed by atoms with Crippen molar-refractivity contribution < 1.29 is 67.9 Å². The lowest BCUT2D eigenvalue weighted by atomic mass is 10.0. The molecule has 0 aromatic carbocycles. The van der Waals surface area contributed by atoms with Gasteiger partial charge in [-0.1, -0.05) is 70.6 Å². The van der Waals surface area contributed by atoms with Crippen LogP contribution in [-0.2, 0) is 52.6 Å². The smallest absolute Gasteiger partial charge is 0.323 e. The summed E-state index contributed by atoms with van der Waals surface area (Å²) in [7, 11) is 0. The van der Waals surface area contributed by atoms with Crippen molar-refractivity contribution in [2.45, 2.75) is 128 Å². The highest BCUT2D eigenvalue weighted by Crippen LogP contribution is 2.13. The van der Waals surface area contributed by atoms with Crippen molar-refractivity contribution in [2.75, 3.05) is 65.9 Å². The Balaban J connectivity index is 3.67. The van der Waals surface area contributed by atoms with Crippen LogP contribution in [0.3, 0.4) is 0 Å². The van der Waals surface area contributed by atoms with Gasteiger partial charge in [0.05, 0.1) is 52.4 Å². The van der Waals surface area contributed by atoms with Gasteiger partial charge in [-0.25, -0.2) is 0 Å². The van der Waals surface area contributed by atoms with E-state index in [1.54, 1.807) is 0 Å². The van der Waals surface area contributed by atoms with Gasteiger partial charge in [-0.2, -0.15) is 5.48 Å². The van der Waals surface area contributed by atoms with Crippen molar-refractivity contribution in [2.24, 2.45) is 0 Å². The second kappa shape index (κ2) is 38.0. The van der Waals surface area contributed by atoms with E-state index >= 15 is 0 Å². The molecule has 2 atom stereocenters. The maximum absolute atomic E-state index is 12.2. The lowest BCUT2D eigenvalue weighted by Gasteiger charge is -2.16. The molecule has 0 aliphatic heterocycles. The van der Waals surface area contributed by atoms with E-state index in [1.807, 2.05) is 0 Å². The van der Waals surface area contributed by atoms with E-state index in [1.165, 1.54) is 38.5 Å². The molecule has 0 spiro atoms. The molecule has 0 aromatic rings. The number of rotatable bonds is 42. The maximum Gasteiger partial charge on any atom is 0.323 e. The summed E-state index contributed by atoms with van der Waals surface area (Å²) in [6.45, 7) is 2.49. The van der Waals surface area contributed by atoms with Gasteiger partial charge in [-0.3, -0.25) is 33.6 Å². The highest BCUT2D eigenvalue weighted by molar-refractivity contribution is 5.91. The van der Waals surface area contributed by atoms with Crippen molar-refractivity contribution in [1.82, 2.24) is 26.7 Å². The van der Waals surface area contributed by atoms with E-state index in [0.29, 0.717) is 72.0 Å². The number of carboxylic acid groups (broad SMARTS) is 3. The molecule has 0 saturated carbocycles. The van der Waals surface area contributed by atoms with Gasteiger partial charge >= 0.3 is 17.9 Å². The van der Waals surface area contributed by atoms with Crippen molar-refractivity contribution in [3.63, 3.8) is 0 Å². The molecule has 0 unspecified atom stereocenters. The fourth-order valence-corrected chi connectivity index (χ4v) is 5.21. The first-order valence-corrected chi connectivity index (χ1v) is 19.8. The van der Waals surface area contributed by atoms with Crippen LogP contribution in [0.2, 0.25) is 0 Å². The van der Waals surface area contributed by atoms with Gasteiger partial charge in [-0.05, 0) is 25.7 Å². The number of aliphatic carboxylic acids is 3. The SMILES string of the molecule is O=CNCC(=O)N[C@@H](CC(=O)O)C(=O)NCCCOCCOCCOCCCNC(=O)C[C@H](NOCCCCCCCCCCCCCCCC(=O)O)C(=O)O. The fourth-order valence-electron chi connectivity index (χ4n) is 5.21. The van der Waals surface area contributed by atoms with Gasteiger partial charge in [0.2, 0.25) is 24.1 Å². The van der Waals surface area contributed by atoms with E-state index in [0.717, 1.165) is 44.9 Å². The molecule has 8 N–H and O–H groups in total. The van der Waals surface area contributed by atoms with E-state index in [9.17, 15) is 38.7 Å². The second-order valence-corrected chi connectivity index (χ2v) is 13.2. The second-order valence-electron chi connectivity index (χ2n) is 13.2. The topological polar surface area (TPSA) is 277 Å². The summed E-state index contributed by atoms with van der Waals surface area (Å²) in [5.41, 5.74) is 2.49. The van der Waals surface area contributed by atoms with Crippen molar-refractivity contribution >= 4 is 42.0 Å². The Bertz CT molecular complexity index is 1080. The van der Waals surface area contributed by atoms with E-state index in [-0.39, 0.29) is 25.9 Å². The molecule has 0 saturated heterocycles. The van der Waals surface area contributed by atoms with Gasteiger partial charge in [0.1, 0.15) is 12.1 Å². The average Bonchev–Trinajstić information content (AvgIpc) is 3.15. The largest absolute Gasteiger partial charge is 0.481 e. The molecule has 19 heteroatoms. The molecule has 0 aliphatic rings. The van der Waals surface area contributed by atoms with Gasteiger partial charge in [0.25, 0.3) is 0 Å². The first kappa shape index (κ1) is 52.1. The zero-order valence-electron chi connectivity index (χ0n) is 32.9. The average molecular weight is 806 g/mol. The fraction of sp³-hybridized carbons (Fsp3) is 0.811. The van der Waals surface area contributed by atoms with Crippen molar-refractivity contribution in [1.29, 1.82) is 0 Å². The van der Waals surface area contributed by atoms with Crippen LogP contribution >= 0.6 is 0 Å². The number of carbonyl (C=O) groups is 7. The summed E-state index contributed by atoms with van der Waals surface area (Å²) in [6, 6.07) is -2.43. The maximum atomic E-state index is 12.2. The molecule has 324 valence electrons. The quantitative estimate of drug-likeness (QED) is 0.0248. The molecular weight excluding hydrogens is 738 g/mol. The van der Waals surface area contributed by atoms with Crippen LogP contribution in [0.4, 0.5) is 0 Å². The third-order valence-electron chi connectivity index (χ3n) is 8.22. The highest BCUT2D eigenvalue weighted by atomic mass is 16.6. The summed E-state index contributed by atoms with van der Waals surface area (Å²) >= 11 is 0. The van der Waals surface area contributed by atoms with Crippen LogP contribution in [0.1, 0.15) is 116 Å².